The number of carbonyl (C=O) groups excluding carboxylic acids is 1. The molecule has 1 N–H and O–H groups in total. The number of unbranched alkanes of at least 4 members (excludes halogenated alkanes) is 1. The van der Waals surface area contributed by atoms with Crippen LogP contribution in [0.4, 0.5) is 0 Å². The van der Waals surface area contributed by atoms with Crippen molar-refractivity contribution in [2.75, 3.05) is 6.54 Å². The SMILES string of the molecule is CCCCC1NC(CC)N(CCC(C)C)C1=O. The summed E-state index contributed by atoms with van der Waals surface area (Å²) >= 11 is 0. The van der Waals surface area contributed by atoms with Gasteiger partial charge in [-0.25, -0.2) is 0 Å². The van der Waals surface area contributed by atoms with Gasteiger partial charge in [0.05, 0.1) is 12.2 Å². The molecule has 1 rings (SSSR count). The molecule has 0 aromatic heterocycles. The molecule has 0 radical (unpaired) electrons. The molecule has 1 amide bonds. The molecule has 1 heterocycles. The van der Waals surface area contributed by atoms with Crippen molar-refractivity contribution in [2.45, 2.75) is 72.0 Å². The highest BCUT2D eigenvalue weighted by atomic mass is 16.2. The van der Waals surface area contributed by atoms with Gasteiger partial charge in [-0.2, -0.15) is 0 Å². The maximum absolute atomic E-state index is 12.3. The molecular formula is C14H28N2O. The van der Waals surface area contributed by atoms with Gasteiger partial charge in [-0.05, 0) is 25.2 Å². The van der Waals surface area contributed by atoms with Crippen molar-refractivity contribution in [1.29, 1.82) is 0 Å². The molecule has 0 aliphatic carbocycles. The zero-order valence-corrected chi connectivity index (χ0v) is 11.8. The molecule has 0 bridgehead atoms. The van der Waals surface area contributed by atoms with Gasteiger partial charge in [0.15, 0.2) is 0 Å². The Hall–Kier alpha value is -0.570. The molecule has 100 valence electrons. The van der Waals surface area contributed by atoms with Gasteiger partial charge >= 0.3 is 0 Å². The quantitative estimate of drug-likeness (QED) is 0.742. The first-order chi connectivity index (χ1) is 8.10. The van der Waals surface area contributed by atoms with Crippen molar-refractivity contribution in [1.82, 2.24) is 10.2 Å². The monoisotopic (exact) mass is 240 g/mol. The first kappa shape index (κ1) is 14.5. The third-order valence-corrected chi connectivity index (χ3v) is 3.53. The minimum Gasteiger partial charge on any atom is -0.326 e. The Bertz CT molecular complexity index is 240. The predicted molar refractivity (Wildman–Crippen MR) is 71.7 cm³/mol. The smallest absolute Gasteiger partial charge is 0.241 e. The van der Waals surface area contributed by atoms with Gasteiger partial charge in [0.2, 0.25) is 5.91 Å². The van der Waals surface area contributed by atoms with Gasteiger partial charge in [0.1, 0.15) is 0 Å². The zero-order chi connectivity index (χ0) is 12.8. The highest BCUT2D eigenvalue weighted by Gasteiger charge is 2.36. The molecule has 3 heteroatoms. The Morgan fingerprint density at radius 3 is 2.59 bits per heavy atom. The molecule has 3 nitrogen and oxygen atoms in total. The van der Waals surface area contributed by atoms with E-state index in [4.69, 9.17) is 0 Å². The predicted octanol–water partition coefficient (Wildman–Crippen LogP) is 2.76. The minimum absolute atomic E-state index is 0.0760. The molecule has 0 aromatic rings. The van der Waals surface area contributed by atoms with E-state index in [1.54, 1.807) is 0 Å². The molecule has 1 saturated heterocycles. The minimum atomic E-state index is 0.0760. The fourth-order valence-electron chi connectivity index (χ4n) is 2.36. The van der Waals surface area contributed by atoms with E-state index < -0.39 is 0 Å². The van der Waals surface area contributed by atoms with Crippen molar-refractivity contribution in [3.8, 4) is 0 Å². The highest BCUT2D eigenvalue weighted by molar-refractivity contribution is 5.84. The van der Waals surface area contributed by atoms with Crippen molar-refractivity contribution in [3.63, 3.8) is 0 Å². The van der Waals surface area contributed by atoms with Gasteiger partial charge < -0.3 is 4.90 Å². The molecule has 0 spiro atoms. The molecule has 1 fully saturated rings. The van der Waals surface area contributed by atoms with Crippen molar-refractivity contribution in [3.05, 3.63) is 0 Å². The lowest BCUT2D eigenvalue weighted by Gasteiger charge is -2.23. The van der Waals surface area contributed by atoms with E-state index in [-0.39, 0.29) is 12.2 Å². The van der Waals surface area contributed by atoms with Crippen LogP contribution in [-0.4, -0.2) is 29.6 Å². The Kier molecular flexibility index (Phi) is 5.96. The van der Waals surface area contributed by atoms with Gasteiger partial charge in [-0.3, -0.25) is 10.1 Å². The zero-order valence-electron chi connectivity index (χ0n) is 11.8. The number of nitrogens with zero attached hydrogens (tertiary/aromatic N) is 1. The van der Waals surface area contributed by atoms with Crippen LogP contribution >= 0.6 is 0 Å². The largest absolute Gasteiger partial charge is 0.326 e. The highest BCUT2D eigenvalue weighted by Crippen LogP contribution is 2.18. The fourth-order valence-corrected chi connectivity index (χ4v) is 2.36. The van der Waals surface area contributed by atoms with Crippen LogP contribution in [0.5, 0.6) is 0 Å². The van der Waals surface area contributed by atoms with Crippen LogP contribution in [-0.2, 0) is 4.79 Å². The van der Waals surface area contributed by atoms with Crippen LogP contribution < -0.4 is 5.32 Å². The fraction of sp³-hybridized carbons (Fsp3) is 0.929. The molecule has 0 saturated carbocycles. The van der Waals surface area contributed by atoms with E-state index in [9.17, 15) is 4.79 Å². The first-order valence-electron chi connectivity index (χ1n) is 7.16. The lowest BCUT2D eigenvalue weighted by molar-refractivity contribution is -0.130. The van der Waals surface area contributed by atoms with Crippen LogP contribution in [0.1, 0.15) is 59.8 Å². The number of carbonyl (C=O) groups is 1. The van der Waals surface area contributed by atoms with E-state index in [1.165, 1.54) is 0 Å². The van der Waals surface area contributed by atoms with Crippen molar-refractivity contribution in [2.24, 2.45) is 5.92 Å². The van der Waals surface area contributed by atoms with E-state index in [2.05, 4.69) is 37.9 Å². The summed E-state index contributed by atoms with van der Waals surface area (Å²) < 4.78 is 0. The molecule has 2 unspecified atom stereocenters. The summed E-state index contributed by atoms with van der Waals surface area (Å²) in [6.07, 6.45) is 5.66. The summed E-state index contributed by atoms with van der Waals surface area (Å²) in [5, 5.41) is 3.48. The number of nitrogens with one attached hydrogen (secondary N) is 1. The number of hydrogen-bond acceptors (Lipinski definition) is 2. The molecule has 17 heavy (non-hydrogen) atoms. The Morgan fingerprint density at radius 2 is 2.06 bits per heavy atom. The summed E-state index contributed by atoms with van der Waals surface area (Å²) in [6, 6.07) is 0.0760. The van der Waals surface area contributed by atoms with Crippen molar-refractivity contribution < 1.29 is 4.79 Å². The summed E-state index contributed by atoms with van der Waals surface area (Å²) in [5.41, 5.74) is 0. The van der Waals surface area contributed by atoms with Crippen LogP contribution in [0.15, 0.2) is 0 Å². The average Bonchev–Trinajstić information content (AvgIpc) is 2.60. The lowest BCUT2D eigenvalue weighted by Crippen LogP contribution is -2.37. The van der Waals surface area contributed by atoms with Crippen LogP contribution in [0.2, 0.25) is 0 Å². The van der Waals surface area contributed by atoms with E-state index in [1.807, 2.05) is 0 Å². The third-order valence-electron chi connectivity index (χ3n) is 3.53. The second-order valence-electron chi connectivity index (χ2n) is 5.50. The van der Waals surface area contributed by atoms with Gasteiger partial charge in [-0.15, -0.1) is 0 Å². The van der Waals surface area contributed by atoms with Crippen LogP contribution in [0.25, 0.3) is 0 Å². The summed E-state index contributed by atoms with van der Waals surface area (Å²) in [5.74, 6) is 0.987. The Balaban J connectivity index is 2.52. The van der Waals surface area contributed by atoms with Crippen LogP contribution in [0, 0.1) is 5.92 Å². The maximum atomic E-state index is 12.3. The molecule has 1 aliphatic heterocycles. The number of hydrogen-bond donors (Lipinski definition) is 1. The normalized spacial score (nSPS) is 25.0. The molecule has 2 atom stereocenters. The van der Waals surface area contributed by atoms with Gasteiger partial charge in [0, 0.05) is 6.54 Å². The molecular weight excluding hydrogens is 212 g/mol. The van der Waals surface area contributed by atoms with E-state index >= 15 is 0 Å². The van der Waals surface area contributed by atoms with E-state index in [0.717, 1.165) is 38.6 Å². The molecule has 1 aliphatic rings. The Morgan fingerprint density at radius 1 is 1.35 bits per heavy atom. The second kappa shape index (κ2) is 7.00. The number of rotatable bonds is 7. The first-order valence-corrected chi connectivity index (χ1v) is 7.16. The average molecular weight is 240 g/mol. The summed E-state index contributed by atoms with van der Waals surface area (Å²) in [4.78, 5) is 14.3. The summed E-state index contributed by atoms with van der Waals surface area (Å²) in [7, 11) is 0. The van der Waals surface area contributed by atoms with Gasteiger partial charge in [-0.1, -0.05) is 40.5 Å². The molecule has 0 aromatic carbocycles. The maximum Gasteiger partial charge on any atom is 0.241 e. The topological polar surface area (TPSA) is 32.3 Å². The van der Waals surface area contributed by atoms with Crippen LogP contribution in [0.3, 0.4) is 0 Å². The third kappa shape index (κ3) is 3.98. The standard InChI is InChI=1S/C14H28N2O/c1-5-7-8-12-14(17)16(10-9-11(3)4)13(6-2)15-12/h11-13,15H,5-10H2,1-4H3. The summed E-state index contributed by atoms with van der Waals surface area (Å²) in [6.45, 7) is 9.65. The van der Waals surface area contributed by atoms with Gasteiger partial charge in [0.25, 0.3) is 0 Å². The Labute approximate surface area is 106 Å². The lowest BCUT2D eigenvalue weighted by atomic mass is 10.1. The number of amides is 1. The van der Waals surface area contributed by atoms with Crippen molar-refractivity contribution >= 4 is 5.91 Å². The second-order valence-corrected chi connectivity index (χ2v) is 5.50. The van der Waals surface area contributed by atoms with E-state index in [0.29, 0.717) is 11.8 Å².